The number of carbonyl (C=O) groups is 3. The largest absolute Gasteiger partial charge is 0.519 e. The van der Waals surface area contributed by atoms with E-state index in [2.05, 4.69) is 31.3 Å². The van der Waals surface area contributed by atoms with Crippen molar-refractivity contribution in [3.63, 3.8) is 0 Å². The Morgan fingerprint density at radius 1 is 1.17 bits per heavy atom. The number of benzene rings is 1. The number of aromatic nitrogens is 4. The van der Waals surface area contributed by atoms with Gasteiger partial charge in [-0.15, -0.1) is 6.42 Å². The third-order valence-corrected chi connectivity index (χ3v) is 11.2. The third-order valence-electron chi connectivity index (χ3n) is 9.58. The number of aryl methyl sites for hydroxylation is 1. The Kier molecular flexibility index (Phi) is 13.4. The lowest BCUT2D eigenvalue weighted by atomic mass is 9.98. The Bertz CT molecular complexity index is 2340. The zero-order chi connectivity index (χ0) is 43.2. The summed E-state index contributed by atoms with van der Waals surface area (Å²) < 4.78 is 73.7. The maximum atomic E-state index is 14.9. The number of aliphatic hydroxyl groups excluding tert-OH is 1. The fourth-order valence-corrected chi connectivity index (χ4v) is 8.02. The van der Waals surface area contributed by atoms with Gasteiger partial charge in [-0.1, -0.05) is 30.5 Å². The van der Waals surface area contributed by atoms with Gasteiger partial charge in [-0.3, -0.25) is 24.0 Å². The molecule has 5 atom stereocenters. The second kappa shape index (κ2) is 18.3. The van der Waals surface area contributed by atoms with Crippen molar-refractivity contribution in [2.75, 3.05) is 11.9 Å². The van der Waals surface area contributed by atoms with E-state index in [9.17, 15) is 33.2 Å². The van der Waals surface area contributed by atoms with Gasteiger partial charge in [0.15, 0.2) is 40.7 Å². The van der Waals surface area contributed by atoms with E-state index in [1.165, 1.54) is 50.7 Å². The number of aliphatic hydroxyl groups is 1. The van der Waals surface area contributed by atoms with E-state index in [4.69, 9.17) is 43.3 Å². The zero-order valence-corrected chi connectivity index (χ0v) is 34.0. The Labute approximate surface area is 342 Å². The van der Waals surface area contributed by atoms with E-state index in [0.717, 1.165) is 32.1 Å². The number of nitrogens with zero attached hydrogens (tertiary/aromatic N) is 4. The number of ether oxygens (including phenoxy) is 4. The molecule has 2 fully saturated rings. The number of terminal acetylenes is 1. The first-order valence-electron chi connectivity index (χ1n) is 18.9. The van der Waals surface area contributed by atoms with Crippen molar-refractivity contribution < 1.29 is 65.3 Å². The molecule has 1 saturated carbocycles. The van der Waals surface area contributed by atoms with Crippen LogP contribution in [0.1, 0.15) is 83.5 Å². The lowest BCUT2D eigenvalue weighted by Crippen LogP contribution is -2.44. The van der Waals surface area contributed by atoms with Gasteiger partial charge in [0, 0.05) is 6.42 Å². The number of esters is 2. The fourth-order valence-electron chi connectivity index (χ4n) is 6.50. The molecule has 6 rings (SSSR count). The van der Waals surface area contributed by atoms with Crippen LogP contribution in [0.15, 0.2) is 50.3 Å². The summed E-state index contributed by atoms with van der Waals surface area (Å²) in [5.74, 6) is -0.151. The highest BCUT2D eigenvalue weighted by molar-refractivity contribution is 7.52. The van der Waals surface area contributed by atoms with Crippen LogP contribution < -0.4 is 20.8 Å². The predicted molar refractivity (Wildman–Crippen MR) is 204 cm³/mol. The molecule has 4 heterocycles. The quantitative estimate of drug-likeness (QED) is 0.0441. The zero-order valence-electron chi connectivity index (χ0n) is 33.1. The summed E-state index contributed by atoms with van der Waals surface area (Å²) in [5.41, 5.74) is -3.71. The molecule has 1 unspecified atom stereocenters. The van der Waals surface area contributed by atoms with Crippen molar-refractivity contribution in [2.45, 2.75) is 115 Å². The maximum Gasteiger partial charge on any atom is 0.519 e. The third kappa shape index (κ3) is 10.7. The van der Waals surface area contributed by atoms with Gasteiger partial charge in [0.25, 0.3) is 0 Å². The molecule has 322 valence electrons. The van der Waals surface area contributed by atoms with Gasteiger partial charge < -0.3 is 37.4 Å². The van der Waals surface area contributed by atoms with Crippen molar-refractivity contribution >= 4 is 42.8 Å². The summed E-state index contributed by atoms with van der Waals surface area (Å²) in [4.78, 5) is 61.3. The van der Waals surface area contributed by atoms with Crippen LogP contribution >= 0.6 is 7.75 Å². The van der Waals surface area contributed by atoms with E-state index in [-0.39, 0.29) is 41.0 Å². The number of nitrogens with one attached hydrogen (secondary N) is 2. The predicted octanol–water partition coefficient (Wildman–Crippen LogP) is 4.99. The molecule has 22 heteroatoms. The second-order valence-electron chi connectivity index (χ2n) is 14.8. The molecule has 4 aromatic rings. The lowest BCUT2D eigenvalue weighted by molar-refractivity contribution is -0.152. The summed E-state index contributed by atoms with van der Waals surface area (Å²) in [7, 11) is -4.45. The molecule has 0 bridgehead atoms. The molecule has 1 amide bonds. The number of amides is 1. The number of hydrogen-bond acceptors (Lipinski definition) is 17. The Morgan fingerprint density at radius 3 is 2.58 bits per heavy atom. The smallest absolute Gasteiger partial charge is 0.461 e. The summed E-state index contributed by atoms with van der Waals surface area (Å²) >= 11 is 0. The van der Waals surface area contributed by atoms with Gasteiger partial charge >= 0.3 is 37.7 Å². The first-order chi connectivity index (χ1) is 28.5. The summed E-state index contributed by atoms with van der Waals surface area (Å²) in [6.45, 7) is 4.64. The van der Waals surface area contributed by atoms with Crippen LogP contribution in [0, 0.1) is 25.3 Å². The average Bonchev–Trinajstić information content (AvgIpc) is 3.86. The van der Waals surface area contributed by atoms with Crippen LogP contribution in [0.3, 0.4) is 0 Å². The van der Waals surface area contributed by atoms with Crippen LogP contribution in [0.25, 0.3) is 11.2 Å². The van der Waals surface area contributed by atoms with Gasteiger partial charge in [0.05, 0.1) is 12.7 Å². The minimum Gasteiger partial charge on any atom is -0.461 e. The second-order valence-corrected chi connectivity index (χ2v) is 16.5. The fraction of sp³-hybridized carbons (Fsp3) is 0.500. The standard InChI is InChI=1S/C38H44FN6O14P/c1-6-38(20-53-60(51,59-25-15-11-8-12-16-25)44-22(2)33(48)55-24-13-9-7-10-14-24)27(46)17-28(57-38)45-21-40-30-31(41-34(39)43-32(30)45)42-35(49)58-37(4,5)18-29(47)52-19-26-23(3)54-36(50)56-26/h1,8,11-12,15-16,21-22,24,27-28,46H,7,9-10,13-14,17-20H2,2-5H3,(H,44,51)(H,41,42,43,49)/t22-,27-,28+,38+,60?/m0/s1. The molecule has 60 heavy (non-hydrogen) atoms. The minimum atomic E-state index is -4.45. The van der Waals surface area contributed by atoms with Crippen LogP contribution in [-0.2, 0) is 44.2 Å². The molecule has 0 spiro atoms. The van der Waals surface area contributed by atoms with Crippen LogP contribution in [0.4, 0.5) is 15.0 Å². The first-order valence-corrected chi connectivity index (χ1v) is 20.5. The topological polar surface area (TPSA) is 255 Å². The molecule has 1 aromatic carbocycles. The number of anilines is 1. The molecule has 2 aliphatic rings. The highest BCUT2D eigenvalue weighted by Gasteiger charge is 2.50. The van der Waals surface area contributed by atoms with E-state index in [1.807, 2.05) is 0 Å². The number of hydrogen-bond donors (Lipinski definition) is 3. The number of carbonyl (C=O) groups excluding carboxylic acids is 3. The Balaban J connectivity index is 1.12. The number of para-hydroxylation sites is 1. The molecule has 1 saturated heterocycles. The lowest BCUT2D eigenvalue weighted by Gasteiger charge is -2.30. The van der Waals surface area contributed by atoms with Crippen molar-refractivity contribution in [3.8, 4) is 18.1 Å². The molecule has 3 N–H and O–H groups in total. The van der Waals surface area contributed by atoms with Crippen LogP contribution in [0.5, 0.6) is 5.75 Å². The van der Waals surface area contributed by atoms with E-state index < -0.39 is 92.7 Å². The number of fused-ring (bicyclic) bond motifs is 1. The molecule has 20 nitrogen and oxygen atoms in total. The van der Waals surface area contributed by atoms with Gasteiger partial charge in [-0.05, 0) is 65.5 Å². The van der Waals surface area contributed by atoms with Crippen molar-refractivity contribution in [1.82, 2.24) is 24.6 Å². The highest BCUT2D eigenvalue weighted by Crippen LogP contribution is 2.48. The Morgan fingerprint density at radius 2 is 1.90 bits per heavy atom. The summed E-state index contributed by atoms with van der Waals surface area (Å²) in [6, 6.07) is 6.90. The van der Waals surface area contributed by atoms with E-state index in [0.29, 0.717) is 0 Å². The van der Waals surface area contributed by atoms with Crippen LogP contribution in [0.2, 0.25) is 0 Å². The average molecular weight is 859 g/mol. The van der Waals surface area contributed by atoms with E-state index in [1.54, 1.807) is 18.2 Å². The maximum absolute atomic E-state index is 14.9. The van der Waals surface area contributed by atoms with Gasteiger partial charge in [-0.25, -0.2) is 19.1 Å². The highest BCUT2D eigenvalue weighted by atomic mass is 31.2. The summed E-state index contributed by atoms with van der Waals surface area (Å²) in [6.07, 6.45) is 5.50. The number of imidazole rings is 1. The van der Waals surface area contributed by atoms with Crippen molar-refractivity contribution in [3.05, 3.63) is 64.9 Å². The first kappa shape index (κ1) is 43.9. The molecule has 1 aliphatic heterocycles. The van der Waals surface area contributed by atoms with E-state index >= 15 is 0 Å². The SMILES string of the molecule is C#C[C@]1(COP(=O)(N[C@@H](C)C(=O)OC2CCCCC2)Oc2ccccc2)O[C@@H](n2cnc3c(NC(=O)OC(C)(C)CC(=O)OCc4oc(=O)oc4C)nc(F)nc32)C[C@@H]1O. The monoisotopic (exact) mass is 858 g/mol. The summed E-state index contributed by atoms with van der Waals surface area (Å²) in [5, 5.41) is 16.2. The number of halogens is 1. The molecular formula is C38H44FN6O14P. The normalized spacial score (nSPS) is 21.1. The molecule has 1 aliphatic carbocycles. The van der Waals surface area contributed by atoms with Crippen LogP contribution in [-0.4, -0.2) is 78.7 Å². The Hall–Kier alpha value is -5.65. The van der Waals surface area contributed by atoms with Crippen molar-refractivity contribution in [1.29, 1.82) is 0 Å². The van der Waals surface area contributed by atoms with Gasteiger partial charge in [0.2, 0.25) is 0 Å². The molecule has 3 aromatic heterocycles. The minimum absolute atomic E-state index is 0.0150. The molecule has 0 radical (unpaired) electrons. The number of rotatable bonds is 16. The molecular weight excluding hydrogens is 814 g/mol. The van der Waals surface area contributed by atoms with Crippen molar-refractivity contribution in [2.24, 2.45) is 0 Å². The van der Waals surface area contributed by atoms with Gasteiger partial charge in [0.1, 0.15) is 42.4 Å². The van der Waals surface area contributed by atoms with Gasteiger partial charge in [-0.2, -0.15) is 19.4 Å².